The van der Waals surface area contributed by atoms with E-state index >= 15 is 0 Å². The number of hydrogen-bond acceptors (Lipinski definition) is 2. The van der Waals surface area contributed by atoms with Crippen LogP contribution in [0.2, 0.25) is 0 Å². The Bertz CT molecular complexity index is 729. The van der Waals surface area contributed by atoms with Crippen molar-refractivity contribution in [2.24, 2.45) is 0 Å². The number of carbonyl (C=O) groups is 1. The van der Waals surface area contributed by atoms with Gasteiger partial charge in [0.15, 0.2) is 6.29 Å². The van der Waals surface area contributed by atoms with Crippen LogP contribution in [0.1, 0.15) is 23.0 Å². The summed E-state index contributed by atoms with van der Waals surface area (Å²) in [6, 6.07) is 11.9. The molecule has 0 fully saturated rings. The lowest BCUT2D eigenvalue weighted by molar-refractivity contribution is 0.111. The molecule has 0 atom stereocenters. The number of aryl methyl sites for hydroxylation is 1. The van der Waals surface area contributed by atoms with E-state index in [9.17, 15) is 4.79 Å². The van der Waals surface area contributed by atoms with Gasteiger partial charge in [0.05, 0.1) is 11.4 Å². The first-order valence-electron chi connectivity index (χ1n) is 6.34. The third-order valence-electron chi connectivity index (χ3n) is 3.33. The first-order chi connectivity index (χ1) is 9.33. The molecule has 3 nitrogen and oxygen atoms in total. The molecule has 0 amide bonds. The standard InChI is InChI=1S/C16H14N2O/c1-2-12-6-7-13-9-14(15-5-3-4-8-17-15)16(11-19)18(13)10-12/h3-11H,2H2,1H3. The minimum absolute atomic E-state index is 0.656. The zero-order valence-electron chi connectivity index (χ0n) is 10.7. The fourth-order valence-corrected chi connectivity index (χ4v) is 2.29. The molecule has 0 aliphatic rings. The third kappa shape index (κ3) is 1.93. The molecule has 0 aromatic carbocycles. The first kappa shape index (κ1) is 11.7. The predicted octanol–water partition coefficient (Wildman–Crippen LogP) is 3.38. The molecule has 94 valence electrons. The number of aldehydes is 1. The molecule has 3 rings (SSSR count). The predicted molar refractivity (Wildman–Crippen MR) is 75.4 cm³/mol. The molecule has 0 spiro atoms. The van der Waals surface area contributed by atoms with Gasteiger partial charge in [-0.3, -0.25) is 9.78 Å². The van der Waals surface area contributed by atoms with E-state index in [4.69, 9.17) is 0 Å². The number of rotatable bonds is 3. The minimum atomic E-state index is 0.656. The topological polar surface area (TPSA) is 34.4 Å². The van der Waals surface area contributed by atoms with Crippen molar-refractivity contribution in [1.82, 2.24) is 9.38 Å². The summed E-state index contributed by atoms with van der Waals surface area (Å²) in [6.07, 6.45) is 5.61. The van der Waals surface area contributed by atoms with Crippen molar-refractivity contribution < 1.29 is 4.79 Å². The van der Waals surface area contributed by atoms with Gasteiger partial charge in [0.2, 0.25) is 0 Å². The van der Waals surface area contributed by atoms with Crippen LogP contribution in [0.15, 0.2) is 48.8 Å². The molecule has 19 heavy (non-hydrogen) atoms. The summed E-state index contributed by atoms with van der Waals surface area (Å²) in [5, 5.41) is 0. The maximum atomic E-state index is 11.4. The molecule has 3 heterocycles. The molecule has 3 aromatic heterocycles. The van der Waals surface area contributed by atoms with Gasteiger partial charge in [-0.2, -0.15) is 0 Å². The quantitative estimate of drug-likeness (QED) is 0.668. The van der Waals surface area contributed by atoms with Crippen LogP contribution in [0, 0.1) is 0 Å². The fraction of sp³-hybridized carbons (Fsp3) is 0.125. The van der Waals surface area contributed by atoms with Crippen LogP contribution in [0.25, 0.3) is 16.8 Å². The van der Waals surface area contributed by atoms with Crippen LogP contribution in [-0.2, 0) is 6.42 Å². The highest BCUT2D eigenvalue weighted by molar-refractivity contribution is 5.88. The summed E-state index contributed by atoms with van der Waals surface area (Å²) in [5.41, 5.74) is 4.58. The normalized spacial score (nSPS) is 10.8. The van der Waals surface area contributed by atoms with E-state index < -0.39 is 0 Å². The summed E-state index contributed by atoms with van der Waals surface area (Å²) in [6.45, 7) is 2.10. The van der Waals surface area contributed by atoms with Crippen LogP contribution >= 0.6 is 0 Å². The smallest absolute Gasteiger partial charge is 0.167 e. The molecule has 0 aliphatic heterocycles. The molecule has 0 unspecified atom stereocenters. The Hall–Kier alpha value is -2.42. The van der Waals surface area contributed by atoms with Gasteiger partial charge in [-0.25, -0.2) is 0 Å². The lowest BCUT2D eigenvalue weighted by Gasteiger charge is -2.02. The Balaban J connectivity index is 2.29. The van der Waals surface area contributed by atoms with Gasteiger partial charge in [0, 0.05) is 23.5 Å². The van der Waals surface area contributed by atoms with Gasteiger partial charge in [-0.1, -0.05) is 19.1 Å². The van der Waals surface area contributed by atoms with E-state index in [1.807, 2.05) is 40.9 Å². The zero-order chi connectivity index (χ0) is 13.2. The van der Waals surface area contributed by atoms with Crippen molar-refractivity contribution in [3.05, 3.63) is 60.0 Å². The summed E-state index contributed by atoms with van der Waals surface area (Å²) >= 11 is 0. The molecule has 0 N–H and O–H groups in total. The number of pyridine rings is 2. The van der Waals surface area contributed by atoms with E-state index in [0.29, 0.717) is 5.69 Å². The second kappa shape index (κ2) is 4.69. The fourth-order valence-electron chi connectivity index (χ4n) is 2.29. The summed E-state index contributed by atoms with van der Waals surface area (Å²) in [5.74, 6) is 0. The molecule has 3 aromatic rings. The summed E-state index contributed by atoms with van der Waals surface area (Å²) in [7, 11) is 0. The molecule has 3 heteroatoms. The molecular formula is C16H14N2O. The van der Waals surface area contributed by atoms with Gasteiger partial charge in [0.25, 0.3) is 0 Å². The lowest BCUT2D eigenvalue weighted by Crippen LogP contribution is -1.94. The molecule has 0 saturated carbocycles. The molecular weight excluding hydrogens is 236 g/mol. The lowest BCUT2D eigenvalue weighted by atomic mass is 10.1. The van der Waals surface area contributed by atoms with Crippen LogP contribution in [-0.4, -0.2) is 15.7 Å². The Morgan fingerprint density at radius 2 is 2.16 bits per heavy atom. The van der Waals surface area contributed by atoms with Crippen molar-refractivity contribution in [3.63, 3.8) is 0 Å². The Kier molecular flexibility index (Phi) is 2.88. The SMILES string of the molecule is CCc1ccc2cc(-c3ccccn3)c(C=O)n2c1. The number of hydrogen-bond donors (Lipinski definition) is 0. The number of nitrogens with zero attached hydrogens (tertiary/aromatic N) is 2. The second-order valence-electron chi connectivity index (χ2n) is 4.46. The van der Waals surface area contributed by atoms with Crippen molar-refractivity contribution >= 4 is 11.8 Å². The monoisotopic (exact) mass is 250 g/mol. The highest BCUT2D eigenvalue weighted by Gasteiger charge is 2.12. The minimum Gasteiger partial charge on any atom is -0.313 e. The highest BCUT2D eigenvalue weighted by Crippen LogP contribution is 2.25. The highest BCUT2D eigenvalue weighted by atomic mass is 16.1. The van der Waals surface area contributed by atoms with E-state index in [-0.39, 0.29) is 0 Å². The molecule has 0 saturated heterocycles. The van der Waals surface area contributed by atoms with E-state index in [0.717, 1.165) is 29.5 Å². The Morgan fingerprint density at radius 1 is 1.26 bits per heavy atom. The molecule has 0 bridgehead atoms. The van der Waals surface area contributed by atoms with Gasteiger partial charge < -0.3 is 4.40 Å². The van der Waals surface area contributed by atoms with Gasteiger partial charge >= 0.3 is 0 Å². The zero-order valence-corrected chi connectivity index (χ0v) is 10.7. The average molecular weight is 250 g/mol. The maximum Gasteiger partial charge on any atom is 0.167 e. The largest absolute Gasteiger partial charge is 0.313 e. The summed E-state index contributed by atoms with van der Waals surface area (Å²) in [4.78, 5) is 15.7. The number of fused-ring (bicyclic) bond motifs is 1. The van der Waals surface area contributed by atoms with Gasteiger partial charge in [-0.15, -0.1) is 0 Å². The molecule has 0 aliphatic carbocycles. The van der Waals surface area contributed by atoms with Crippen molar-refractivity contribution in [2.75, 3.05) is 0 Å². The van der Waals surface area contributed by atoms with E-state index in [1.54, 1.807) is 6.20 Å². The Labute approximate surface area is 111 Å². The van der Waals surface area contributed by atoms with Gasteiger partial charge in [-0.05, 0) is 36.2 Å². The van der Waals surface area contributed by atoms with Crippen molar-refractivity contribution in [1.29, 1.82) is 0 Å². The van der Waals surface area contributed by atoms with Crippen molar-refractivity contribution in [2.45, 2.75) is 13.3 Å². The van der Waals surface area contributed by atoms with Crippen LogP contribution < -0.4 is 0 Å². The maximum absolute atomic E-state index is 11.4. The second-order valence-corrected chi connectivity index (χ2v) is 4.46. The van der Waals surface area contributed by atoms with Crippen LogP contribution in [0.3, 0.4) is 0 Å². The summed E-state index contributed by atoms with van der Waals surface area (Å²) < 4.78 is 1.94. The van der Waals surface area contributed by atoms with Crippen LogP contribution in [0.5, 0.6) is 0 Å². The number of aromatic nitrogens is 2. The number of carbonyl (C=O) groups excluding carboxylic acids is 1. The first-order valence-corrected chi connectivity index (χ1v) is 6.34. The Morgan fingerprint density at radius 3 is 2.84 bits per heavy atom. The van der Waals surface area contributed by atoms with E-state index in [2.05, 4.69) is 18.0 Å². The van der Waals surface area contributed by atoms with E-state index in [1.165, 1.54) is 5.56 Å². The average Bonchev–Trinajstić information content (AvgIpc) is 2.85. The van der Waals surface area contributed by atoms with Crippen molar-refractivity contribution in [3.8, 4) is 11.3 Å². The third-order valence-corrected chi connectivity index (χ3v) is 3.33. The molecule has 0 radical (unpaired) electrons. The van der Waals surface area contributed by atoms with Gasteiger partial charge in [0.1, 0.15) is 0 Å². The van der Waals surface area contributed by atoms with Crippen LogP contribution in [0.4, 0.5) is 0 Å².